The summed E-state index contributed by atoms with van der Waals surface area (Å²) < 4.78 is 0. The van der Waals surface area contributed by atoms with Crippen molar-refractivity contribution in [1.29, 1.82) is 0 Å². The van der Waals surface area contributed by atoms with Crippen LogP contribution in [0.3, 0.4) is 0 Å². The van der Waals surface area contributed by atoms with Crippen LogP contribution in [0.25, 0.3) is 77.5 Å². The molecule has 0 fully saturated rings. The Balaban J connectivity index is 1.09. The number of rotatable bonds is 8. The molecule has 1 nitrogen and oxygen atoms in total. The Morgan fingerprint density at radius 3 is 1.58 bits per heavy atom. The monoisotopic (exact) mass is 791 g/mol. The van der Waals surface area contributed by atoms with Gasteiger partial charge in [0.2, 0.25) is 0 Å². The van der Waals surface area contributed by atoms with Gasteiger partial charge >= 0.3 is 0 Å². The Labute approximate surface area is 364 Å². The first kappa shape index (κ1) is 37.3. The van der Waals surface area contributed by atoms with Crippen molar-refractivity contribution in [2.75, 3.05) is 4.90 Å². The minimum atomic E-state index is -0.113. The number of hydrogen-bond donors (Lipinski definition) is 0. The lowest BCUT2D eigenvalue weighted by Crippen LogP contribution is -2.16. The lowest BCUT2D eigenvalue weighted by molar-refractivity contribution is 0.662. The van der Waals surface area contributed by atoms with E-state index in [0.29, 0.717) is 0 Å². The average molecular weight is 792 g/mol. The number of fused-ring (bicyclic) bond motifs is 4. The van der Waals surface area contributed by atoms with Gasteiger partial charge < -0.3 is 4.90 Å². The number of nitrogens with zero attached hydrogens (tertiary/aromatic N) is 1. The maximum absolute atomic E-state index is 2.47. The molecule has 0 aromatic heterocycles. The van der Waals surface area contributed by atoms with Crippen molar-refractivity contribution in [2.24, 2.45) is 0 Å². The van der Waals surface area contributed by atoms with E-state index in [-0.39, 0.29) is 5.41 Å². The minimum Gasteiger partial charge on any atom is -0.309 e. The average Bonchev–Trinajstić information content (AvgIpc) is 3.58. The summed E-state index contributed by atoms with van der Waals surface area (Å²) in [7, 11) is 0. The van der Waals surface area contributed by atoms with Gasteiger partial charge in [0.05, 0.1) is 11.4 Å². The van der Waals surface area contributed by atoms with Crippen LogP contribution in [0.5, 0.6) is 0 Å². The van der Waals surface area contributed by atoms with Gasteiger partial charge in [0, 0.05) is 22.2 Å². The number of benzene rings is 10. The zero-order chi connectivity index (χ0) is 41.6. The van der Waals surface area contributed by atoms with Crippen LogP contribution in [0.2, 0.25) is 0 Å². The molecule has 0 bridgehead atoms. The van der Waals surface area contributed by atoms with Gasteiger partial charge in [-0.25, -0.2) is 0 Å². The molecule has 0 atom stereocenters. The molecule has 0 radical (unpaired) electrons. The molecule has 0 saturated heterocycles. The maximum Gasteiger partial charge on any atom is 0.0540 e. The third-order valence-corrected chi connectivity index (χ3v) is 12.9. The predicted octanol–water partition coefficient (Wildman–Crippen LogP) is 17.0. The van der Waals surface area contributed by atoms with Crippen LogP contribution in [0, 0.1) is 0 Å². The second-order valence-corrected chi connectivity index (χ2v) is 16.8. The molecule has 10 aromatic rings. The molecule has 0 amide bonds. The molecule has 294 valence electrons. The van der Waals surface area contributed by atoms with E-state index in [9.17, 15) is 0 Å². The Bertz CT molecular complexity index is 3260. The molecule has 0 unspecified atom stereocenters. The first-order valence-electron chi connectivity index (χ1n) is 21.6. The van der Waals surface area contributed by atoms with Gasteiger partial charge in [-0.1, -0.05) is 220 Å². The van der Waals surface area contributed by atoms with Crippen LogP contribution in [0.4, 0.5) is 17.1 Å². The van der Waals surface area contributed by atoms with Gasteiger partial charge in [-0.05, 0) is 108 Å². The van der Waals surface area contributed by atoms with Crippen molar-refractivity contribution in [2.45, 2.75) is 19.3 Å². The van der Waals surface area contributed by atoms with E-state index < -0.39 is 0 Å². The topological polar surface area (TPSA) is 3.24 Å². The summed E-state index contributed by atoms with van der Waals surface area (Å²) in [6.45, 7) is 4.74. The van der Waals surface area contributed by atoms with Crippen molar-refractivity contribution in [3.05, 3.63) is 248 Å². The molecule has 11 rings (SSSR count). The molecule has 1 aliphatic carbocycles. The van der Waals surface area contributed by atoms with Crippen LogP contribution in [-0.4, -0.2) is 0 Å². The fraction of sp³-hybridized carbons (Fsp3) is 0.0492. The van der Waals surface area contributed by atoms with E-state index in [2.05, 4.69) is 255 Å². The van der Waals surface area contributed by atoms with E-state index >= 15 is 0 Å². The Morgan fingerprint density at radius 2 is 0.790 bits per heavy atom. The molecule has 0 heterocycles. The molecule has 10 aromatic carbocycles. The van der Waals surface area contributed by atoms with Crippen molar-refractivity contribution >= 4 is 27.8 Å². The minimum absolute atomic E-state index is 0.113. The Morgan fingerprint density at radius 1 is 0.306 bits per heavy atom. The largest absolute Gasteiger partial charge is 0.309 e. The van der Waals surface area contributed by atoms with Crippen molar-refractivity contribution in [1.82, 2.24) is 0 Å². The smallest absolute Gasteiger partial charge is 0.0540 e. The summed E-state index contributed by atoms with van der Waals surface area (Å²) >= 11 is 0. The first-order valence-corrected chi connectivity index (χ1v) is 21.6. The first-order chi connectivity index (χ1) is 30.5. The number of hydrogen-bond acceptors (Lipinski definition) is 1. The second-order valence-electron chi connectivity index (χ2n) is 16.8. The Kier molecular flexibility index (Phi) is 9.24. The van der Waals surface area contributed by atoms with Gasteiger partial charge in [0.1, 0.15) is 0 Å². The van der Waals surface area contributed by atoms with Crippen LogP contribution in [0.15, 0.2) is 237 Å². The highest BCUT2D eigenvalue weighted by molar-refractivity contribution is 6.00. The van der Waals surface area contributed by atoms with E-state index in [1.165, 1.54) is 72.0 Å². The summed E-state index contributed by atoms with van der Waals surface area (Å²) in [6.07, 6.45) is 0. The fourth-order valence-electron chi connectivity index (χ4n) is 10.0. The molecule has 0 spiro atoms. The summed E-state index contributed by atoms with van der Waals surface area (Å²) in [5.74, 6) is 0. The maximum atomic E-state index is 2.47. The predicted molar refractivity (Wildman–Crippen MR) is 263 cm³/mol. The van der Waals surface area contributed by atoms with Crippen molar-refractivity contribution in [3.63, 3.8) is 0 Å². The van der Waals surface area contributed by atoms with E-state index in [1.807, 2.05) is 0 Å². The molecular formula is C61H45N. The SMILES string of the molecule is CC1(C)c2ccccc2-c2cccc(-c3ccc(N(c4ccccc4-c4cccc(-c5cccc6ccccc56)c4)c4ccccc4-c4ccccc4-c4ccccc4)cc3)c21. The van der Waals surface area contributed by atoms with Crippen molar-refractivity contribution < 1.29 is 0 Å². The lowest BCUT2D eigenvalue weighted by atomic mass is 9.79. The van der Waals surface area contributed by atoms with Crippen molar-refractivity contribution in [3.8, 4) is 66.8 Å². The fourth-order valence-corrected chi connectivity index (χ4v) is 10.0. The van der Waals surface area contributed by atoms with Gasteiger partial charge in [0.25, 0.3) is 0 Å². The summed E-state index contributed by atoms with van der Waals surface area (Å²) in [4.78, 5) is 2.47. The van der Waals surface area contributed by atoms with Gasteiger partial charge in [-0.3, -0.25) is 0 Å². The standard InChI is InChI=1S/C61H45N/c1-61(2)57-34-13-10-29-54(57)56-33-18-32-52(60(56)61)44-37-39-47(40-38-44)62(59-36-15-12-30-55(59)53-28-9-8-26-49(53)42-19-4-3-5-20-42)58-35-14-11-27-51(58)46-24-16-23-45(41-46)50-31-17-22-43-21-6-7-25-48(43)50/h3-41H,1-2H3. The molecule has 0 aliphatic heterocycles. The highest BCUT2D eigenvalue weighted by atomic mass is 15.1. The molecule has 0 N–H and O–H groups in total. The normalized spacial score (nSPS) is 12.5. The van der Waals surface area contributed by atoms with E-state index in [0.717, 1.165) is 33.8 Å². The molecule has 0 saturated carbocycles. The quantitative estimate of drug-likeness (QED) is 0.148. The zero-order valence-corrected chi connectivity index (χ0v) is 35.0. The second kappa shape index (κ2) is 15.4. The van der Waals surface area contributed by atoms with Gasteiger partial charge in [-0.15, -0.1) is 0 Å². The van der Waals surface area contributed by atoms with Crippen LogP contribution < -0.4 is 4.90 Å². The third-order valence-electron chi connectivity index (χ3n) is 12.9. The van der Waals surface area contributed by atoms with Gasteiger partial charge in [0.15, 0.2) is 0 Å². The van der Waals surface area contributed by atoms with Crippen LogP contribution in [0.1, 0.15) is 25.0 Å². The lowest BCUT2D eigenvalue weighted by Gasteiger charge is -2.30. The number of anilines is 3. The van der Waals surface area contributed by atoms with Crippen LogP contribution >= 0.6 is 0 Å². The van der Waals surface area contributed by atoms with Gasteiger partial charge in [-0.2, -0.15) is 0 Å². The van der Waals surface area contributed by atoms with E-state index in [4.69, 9.17) is 0 Å². The molecular weight excluding hydrogens is 747 g/mol. The summed E-state index contributed by atoms with van der Waals surface area (Å²) in [5.41, 5.74) is 20.6. The molecule has 62 heavy (non-hydrogen) atoms. The molecule has 1 heteroatoms. The number of para-hydroxylation sites is 2. The Hall–Kier alpha value is -7.74. The summed E-state index contributed by atoms with van der Waals surface area (Å²) in [5, 5.41) is 2.50. The van der Waals surface area contributed by atoms with Crippen LogP contribution in [-0.2, 0) is 5.41 Å². The highest BCUT2D eigenvalue weighted by Gasteiger charge is 2.37. The zero-order valence-electron chi connectivity index (χ0n) is 35.0. The molecule has 1 aliphatic rings. The summed E-state index contributed by atoms with van der Waals surface area (Å²) in [6, 6.07) is 86.6. The van der Waals surface area contributed by atoms with E-state index in [1.54, 1.807) is 0 Å². The third kappa shape index (κ3) is 6.33. The highest BCUT2D eigenvalue weighted by Crippen LogP contribution is 2.53.